The van der Waals surface area contributed by atoms with Crippen molar-refractivity contribution in [1.82, 2.24) is 4.90 Å². The fourth-order valence-electron chi connectivity index (χ4n) is 4.84. The molecule has 4 rings (SSSR count). The van der Waals surface area contributed by atoms with Crippen molar-refractivity contribution in [2.45, 2.75) is 31.5 Å². The number of nitrogens with zero attached hydrogens (tertiary/aromatic N) is 1. The molecule has 1 aliphatic carbocycles. The summed E-state index contributed by atoms with van der Waals surface area (Å²) < 4.78 is 38.9. The number of fused-ring (bicyclic) bond motifs is 3. The number of amides is 1. The van der Waals surface area contributed by atoms with E-state index >= 15 is 0 Å². The van der Waals surface area contributed by atoms with Crippen LogP contribution in [0.5, 0.6) is 0 Å². The summed E-state index contributed by atoms with van der Waals surface area (Å²) in [6.45, 7) is 5.97. The van der Waals surface area contributed by atoms with Crippen LogP contribution in [0.3, 0.4) is 0 Å². The largest absolute Gasteiger partial charge is 0.448 e. The average molecular weight is 558 g/mol. The maximum atomic E-state index is 12.5. The number of carbonyl (C=O) groups is 1. The van der Waals surface area contributed by atoms with Gasteiger partial charge in [-0.05, 0) is 41.5 Å². The zero-order valence-corrected chi connectivity index (χ0v) is 23.6. The molecule has 2 aliphatic rings. The fraction of sp³-hybridized carbons (Fsp3) is 0.581. The Morgan fingerprint density at radius 1 is 0.775 bits per heavy atom. The number of rotatable bonds is 18. The van der Waals surface area contributed by atoms with Crippen molar-refractivity contribution in [3.05, 3.63) is 59.7 Å². The summed E-state index contributed by atoms with van der Waals surface area (Å²) in [4.78, 5) is 14.1. The Kier molecular flexibility index (Phi) is 13.2. The van der Waals surface area contributed by atoms with Crippen LogP contribution in [0.15, 0.2) is 48.5 Å². The summed E-state index contributed by atoms with van der Waals surface area (Å²) in [5, 5.41) is 0. The van der Waals surface area contributed by atoms with Crippen molar-refractivity contribution in [2.75, 3.05) is 86.3 Å². The van der Waals surface area contributed by atoms with Gasteiger partial charge in [-0.15, -0.1) is 0 Å². The Balaban J connectivity index is 0.953. The van der Waals surface area contributed by atoms with Crippen LogP contribution in [-0.4, -0.2) is 104 Å². The maximum absolute atomic E-state index is 12.5. The third-order valence-electron chi connectivity index (χ3n) is 7.00. The molecule has 1 unspecified atom stereocenters. The second kappa shape index (κ2) is 17.3. The van der Waals surface area contributed by atoms with Gasteiger partial charge in [0.15, 0.2) is 6.29 Å². The van der Waals surface area contributed by atoms with E-state index in [1.165, 1.54) is 22.3 Å². The third-order valence-corrected chi connectivity index (χ3v) is 7.00. The van der Waals surface area contributed by atoms with E-state index in [9.17, 15) is 4.79 Å². The highest BCUT2D eigenvalue weighted by atomic mass is 16.7. The quantitative estimate of drug-likeness (QED) is 0.248. The predicted molar refractivity (Wildman–Crippen MR) is 151 cm³/mol. The first-order valence-corrected chi connectivity index (χ1v) is 14.3. The summed E-state index contributed by atoms with van der Waals surface area (Å²) in [6, 6.07) is 16.6. The first-order chi connectivity index (χ1) is 19.7. The normalized spacial score (nSPS) is 16.5. The smallest absolute Gasteiger partial charge is 0.409 e. The van der Waals surface area contributed by atoms with Crippen molar-refractivity contribution in [3.63, 3.8) is 0 Å². The van der Waals surface area contributed by atoms with Gasteiger partial charge in [0, 0.05) is 26.1 Å². The van der Waals surface area contributed by atoms with Gasteiger partial charge in [-0.1, -0.05) is 48.5 Å². The van der Waals surface area contributed by atoms with E-state index < -0.39 is 0 Å². The molecule has 9 heteroatoms. The van der Waals surface area contributed by atoms with Gasteiger partial charge in [0.2, 0.25) is 0 Å². The van der Waals surface area contributed by atoms with Crippen LogP contribution in [0.1, 0.15) is 36.3 Å². The zero-order valence-electron chi connectivity index (χ0n) is 23.6. The van der Waals surface area contributed by atoms with Gasteiger partial charge in [0.05, 0.1) is 59.5 Å². The minimum absolute atomic E-state index is 0.0516. The molecule has 1 heterocycles. The maximum Gasteiger partial charge on any atom is 0.409 e. The highest BCUT2D eigenvalue weighted by molar-refractivity contribution is 5.79. The van der Waals surface area contributed by atoms with Gasteiger partial charge in [-0.25, -0.2) is 4.79 Å². The molecule has 2 aromatic rings. The van der Waals surface area contributed by atoms with Crippen molar-refractivity contribution in [3.8, 4) is 11.1 Å². The molecule has 1 fully saturated rings. The number of benzene rings is 2. The molecule has 1 amide bonds. The van der Waals surface area contributed by atoms with Crippen molar-refractivity contribution in [2.24, 2.45) is 0 Å². The van der Waals surface area contributed by atoms with Gasteiger partial charge < -0.3 is 38.1 Å². The lowest BCUT2D eigenvalue weighted by molar-refractivity contribution is -0.169. The number of hydrogen-bond acceptors (Lipinski definition) is 8. The van der Waals surface area contributed by atoms with Crippen molar-refractivity contribution < 1.29 is 38.0 Å². The average Bonchev–Trinajstić information content (AvgIpc) is 3.31. The molecule has 1 saturated heterocycles. The molecule has 1 atom stereocenters. The topological polar surface area (TPSA) is 84.9 Å². The van der Waals surface area contributed by atoms with E-state index in [4.69, 9.17) is 33.2 Å². The SMILES string of the molecule is CN(CCOCCOCCOCCOCCOC1CCCCO1)C(=O)OCC1c2ccccc2-c2ccccc21. The van der Waals surface area contributed by atoms with Crippen LogP contribution in [0.4, 0.5) is 4.79 Å². The predicted octanol–water partition coefficient (Wildman–Crippen LogP) is 4.48. The molecule has 40 heavy (non-hydrogen) atoms. The molecule has 0 N–H and O–H groups in total. The highest BCUT2D eigenvalue weighted by Crippen LogP contribution is 2.44. The molecular formula is C31H43NO8. The molecule has 0 spiro atoms. The molecule has 0 saturated carbocycles. The highest BCUT2D eigenvalue weighted by Gasteiger charge is 2.29. The number of likely N-dealkylation sites (N-methyl/N-ethyl adjacent to an activating group) is 1. The Labute approximate surface area is 237 Å². The summed E-state index contributed by atoms with van der Waals surface area (Å²) >= 11 is 0. The molecule has 220 valence electrons. The summed E-state index contributed by atoms with van der Waals surface area (Å²) in [6.07, 6.45) is 2.82. The Bertz CT molecular complexity index is 967. The van der Waals surface area contributed by atoms with Crippen LogP contribution >= 0.6 is 0 Å². The van der Waals surface area contributed by atoms with Gasteiger partial charge in [-0.2, -0.15) is 0 Å². The molecule has 1 aliphatic heterocycles. The van der Waals surface area contributed by atoms with Crippen LogP contribution in [0, 0.1) is 0 Å². The first-order valence-electron chi connectivity index (χ1n) is 14.3. The minimum Gasteiger partial charge on any atom is -0.448 e. The van der Waals surface area contributed by atoms with E-state index in [0.717, 1.165) is 25.9 Å². The van der Waals surface area contributed by atoms with Gasteiger partial charge in [-0.3, -0.25) is 0 Å². The molecule has 2 aromatic carbocycles. The molecule has 9 nitrogen and oxygen atoms in total. The zero-order chi connectivity index (χ0) is 27.8. The summed E-state index contributed by atoms with van der Waals surface area (Å²) in [7, 11) is 1.72. The monoisotopic (exact) mass is 557 g/mol. The van der Waals surface area contributed by atoms with Gasteiger partial charge >= 0.3 is 6.09 Å². The first kappa shape index (κ1) is 30.4. The van der Waals surface area contributed by atoms with Crippen molar-refractivity contribution >= 4 is 6.09 Å². The lowest BCUT2D eigenvalue weighted by Crippen LogP contribution is -2.32. The lowest BCUT2D eigenvalue weighted by Gasteiger charge is -2.22. The van der Waals surface area contributed by atoms with E-state index in [1.54, 1.807) is 11.9 Å². The van der Waals surface area contributed by atoms with Gasteiger partial charge in [0.25, 0.3) is 0 Å². The minimum atomic E-state index is -0.353. The second-order valence-electron chi connectivity index (χ2n) is 9.84. The van der Waals surface area contributed by atoms with Crippen LogP contribution < -0.4 is 0 Å². The second-order valence-corrected chi connectivity index (χ2v) is 9.84. The van der Waals surface area contributed by atoms with E-state index in [-0.39, 0.29) is 18.3 Å². The molecule has 0 aromatic heterocycles. The fourth-order valence-corrected chi connectivity index (χ4v) is 4.84. The van der Waals surface area contributed by atoms with E-state index in [0.29, 0.717) is 72.6 Å². The van der Waals surface area contributed by atoms with Crippen LogP contribution in [-0.2, 0) is 33.2 Å². The molecular weight excluding hydrogens is 514 g/mol. The summed E-state index contributed by atoms with van der Waals surface area (Å²) in [5.74, 6) is 0.0516. The Morgan fingerprint density at radius 2 is 1.32 bits per heavy atom. The van der Waals surface area contributed by atoms with Crippen LogP contribution in [0.2, 0.25) is 0 Å². The Hall–Kier alpha value is -2.53. The third kappa shape index (κ3) is 9.54. The van der Waals surface area contributed by atoms with E-state index in [1.807, 2.05) is 24.3 Å². The number of ether oxygens (including phenoxy) is 7. The van der Waals surface area contributed by atoms with Crippen molar-refractivity contribution in [1.29, 1.82) is 0 Å². The molecule has 0 radical (unpaired) electrons. The number of carbonyl (C=O) groups excluding carboxylic acids is 1. The lowest BCUT2D eigenvalue weighted by atomic mass is 9.98. The standard InChI is InChI=1S/C31H43NO8/c1-32(31(33)40-24-29-27-10-4-2-8-25(27)26-9-3-5-11-28(26)29)13-15-34-16-17-35-18-19-36-20-21-37-22-23-39-30-12-6-7-14-38-30/h2-5,8-11,29-30H,6-7,12-24H2,1H3. The molecule has 0 bridgehead atoms. The van der Waals surface area contributed by atoms with Crippen LogP contribution in [0.25, 0.3) is 11.1 Å². The summed E-state index contributed by atoms with van der Waals surface area (Å²) in [5.41, 5.74) is 4.83. The number of hydrogen-bond donors (Lipinski definition) is 0. The van der Waals surface area contributed by atoms with E-state index in [2.05, 4.69) is 24.3 Å². The Morgan fingerprint density at radius 3 is 1.90 bits per heavy atom. The van der Waals surface area contributed by atoms with Gasteiger partial charge in [0.1, 0.15) is 6.61 Å².